The number of aryl methyl sites for hydroxylation is 4. The van der Waals surface area contributed by atoms with Crippen molar-refractivity contribution in [1.82, 2.24) is 90.0 Å². The van der Waals surface area contributed by atoms with Crippen LogP contribution in [0.5, 0.6) is 0 Å². The molecule has 0 bridgehead atoms. The highest BCUT2D eigenvalue weighted by Gasteiger charge is 2.69. The van der Waals surface area contributed by atoms with Crippen molar-refractivity contribution in [2.45, 2.75) is 49.4 Å². The van der Waals surface area contributed by atoms with Gasteiger partial charge in [-0.15, -0.1) is 0 Å². The van der Waals surface area contributed by atoms with Crippen LogP contribution in [0, 0.1) is 66.8 Å². The Morgan fingerprint density at radius 1 is 0.491 bits per heavy atom. The predicted molar refractivity (Wildman–Crippen MR) is 402 cm³/mol. The minimum Gasteiger partial charge on any atom is -0.382 e. The Bertz CT molecular complexity index is 5570. The molecule has 20 rings (SSSR count). The van der Waals surface area contributed by atoms with E-state index in [1.165, 1.54) is 11.6 Å². The molecule has 30 heteroatoms. The van der Waals surface area contributed by atoms with Gasteiger partial charge in [-0.3, -0.25) is 29.6 Å². The lowest BCUT2D eigenvalue weighted by molar-refractivity contribution is 0.472. The zero-order valence-electron chi connectivity index (χ0n) is 58.3. The molecule has 25 nitrogen and oxygen atoms in total. The maximum atomic E-state index is 14.7. The Hall–Kier alpha value is -10.8. The first kappa shape index (κ1) is 67.1. The van der Waals surface area contributed by atoms with Gasteiger partial charge in [0.25, 0.3) is 0 Å². The molecular formula is C76H74Cl2F3N25. The van der Waals surface area contributed by atoms with Crippen molar-refractivity contribution >= 4 is 102 Å². The summed E-state index contributed by atoms with van der Waals surface area (Å²) >= 11 is 12.9. The molecule has 4 aromatic carbocycles. The number of nitrogens with two attached hydrogens (primary N) is 4. The van der Waals surface area contributed by atoms with Gasteiger partial charge in [-0.1, -0.05) is 65.7 Å². The van der Waals surface area contributed by atoms with Crippen LogP contribution in [0.15, 0.2) is 128 Å². The zero-order valence-corrected chi connectivity index (χ0v) is 59.8. The Kier molecular flexibility index (Phi) is 16.1. The van der Waals surface area contributed by atoms with Crippen LogP contribution >= 0.6 is 23.2 Å². The van der Waals surface area contributed by atoms with Gasteiger partial charge in [0.1, 0.15) is 45.6 Å². The zero-order chi connectivity index (χ0) is 72.8. The molecular weight excluding hydrogens is 1390 g/mol. The van der Waals surface area contributed by atoms with Gasteiger partial charge in [-0.25, -0.2) is 48.1 Å². The van der Waals surface area contributed by atoms with Gasteiger partial charge < -0.3 is 37.6 Å². The van der Waals surface area contributed by atoms with E-state index in [0.717, 1.165) is 135 Å². The summed E-state index contributed by atoms with van der Waals surface area (Å²) in [7, 11) is 3.86. The number of nitrogen functional groups attached to an aromatic ring is 1. The number of H-pyrrole nitrogens is 3. The topological polar surface area (TPSA) is 339 Å². The van der Waals surface area contributed by atoms with Crippen molar-refractivity contribution < 1.29 is 13.2 Å². The fraction of sp³-hybridized carbons (Fsp3) is 0.329. The second kappa shape index (κ2) is 25.5. The monoisotopic (exact) mass is 1460 g/mol. The van der Waals surface area contributed by atoms with E-state index in [-0.39, 0.29) is 41.3 Å². The standard InChI is InChI=1S/C27H27ClN8.C26H26FN9.C23H21ClF2N8/c1-15-16(7-8-22-17(15)12-35(2)34-22)24-25-26(33-32-24)31-23(11-30-25)36-10-9-18-20(13-36)27(18,14-29)19-5-3-4-6-21(19)28;1-14-15(5-6-20-16(14)11-35(2)34-20)22-23-25(33-32-22)31-21(10-30-23)36-9-7-17-18(12-36)26(17,13-28)24-19(27)4-3-8-29-24;24-17-11(4-6-29-21(17)28)19-20-22(33-32-19)31-16(8-30-20)34-7-5-12-14(9-34)23(12,10-27)13-2-1-3-15(25)18(13)26/h3-8,11-12,18,20H,9-10,13-14,29H2,1-2H3,(H,31,32,33);3-6,8,10-11,17-18H,7,9,12-13,28H2,1-2H3,(H,31,32,33);1-4,6,8,12,14H,5,7,9-10,27H2,(H2,28,29)(H,31,32,33)/t18-,20+,27-;17-,18+,26+;12-,14+,23-/m111/s1. The quantitative estimate of drug-likeness (QED) is 0.0597. The van der Waals surface area contributed by atoms with Crippen molar-refractivity contribution in [1.29, 1.82) is 0 Å². The molecule has 3 saturated carbocycles. The van der Waals surface area contributed by atoms with Crippen molar-refractivity contribution in [3.63, 3.8) is 0 Å². The molecule has 0 amide bonds. The molecule has 106 heavy (non-hydrogen) atoms. The van der Waals surface area contributed by atoms with Crippen LogP contribution in [0.1, 0.15) is 47.2 Å². The predicted octanol–water partition coefficient (Wildman–Crippen LogP) is 10.6. The number of hydrogen-bond donors (Lipinski definition) is 7. The summed E-state index contributed by atoms with van der Waals surface area (Å²) in [5.74, 6) is 2.51. The highest BCUT2D eigenvalue weighted by atomic mass is 35.5. The largest absolute Gasteiger partial charge is 0.382 e. The van der Waals surface area contributed by atoms with Gasteiger partial charge in [0.2, 0.25) is 16.9 Å². The molecule has 13 heterocycles. The second-order valence-corrected chi connectivity index (χ2v) is 29.8. The molecule has 0 radical (unpaired) electrons. The number of aromatic nitrogens is 18. The first-order valence-corrected chi connectivity index (χ1v) is 36.3. The fourth-order valence-corrected chi connectivity index (χ4v) is 19.2. The average Bonchev–Trinajstić information content (AvgIpc) is 1.55. The summed E-state index contributed by atoms with van der Waals surface area (Å²) in [6, 6.07) is 25.5. The second-order valence-electron chi connectivity index (χ2n) is 29.0. The summed E-state index contributed by atoms with van der Waals surface area (Å²) in [6.45, 7) is 10.1. The highest BCUT2D eigenvalue weighted by molar-refractivity contribution is 6.35. The minimum absolute atomic E-state index is 0.0490. The van der Waals surface area contributed by atoms with Crippen LogP contribution in [-0.2, 0) is 30.3 Å². The summed E-state index contributed by atoms with van der Waals surface area (Å²) in [6.07, 6.45) is 15.4. The van der Waals surface area contributed by atoms with Gasteiger partial charge in [-0.2, -0.15) is 25.5 Å². The number of benzene rings is 4. The summed E-state index contributed by atoms with van der Waals surface area (Å²) < 4.78 is 46.9. The van der Waals surface area contributed by atoms with Gasteiger partial charge in [0, 0.05) is 147 Å². The Morgan fingerprint density at radius 2 is 0.943 bits per heavy atom. The van der Waals surface area contributed by atoms with E-state index in [2.05, 4.69) is 102 Å². The maximum absolute atomic E-state index is 14.7. The summed E-state index contributed by atoms with van der Waals surface area (Å²) in [5, 5.41) is 35.0. The number of nitrogens with one attached hydrogen (secondary N) is 3. The first-order chi connectivity index (χ1) is 51.5. The van der Waals surface area contributed by atoms with Crippen LogP contribution < -0.4 is 37.6 Å². The van der Waals surface area contributed by atoms with Gasteiger partial charge in [0.15, 0.2) is 11.6 Å². The number of nitrogens with zero attached hydrogens (tertiary/aromatic N) is 18. The number of halogens is 5. The van der Waals surface area contributed by atoms with E-state index in [1.54, 1.807) is 42.9 Å². The van der Waals surface area contributed by atoms with Crippen LogP contribution in [0.25, 0.3) is 89.1 Å². The fourth-order valence-electron chi connectivity index (χ4n) is 18.6. The maximum Gasteiger partial charge on any atom is 0.202 e. The first-order valence-electron chi connectivity index (χ1n) is 35.5. The number of pyridine rings is 2. The van der Waals surface area contributed by atoms with Crippen LogP contribution in [0.2, 0.25) is 10.0 Å². The molecule has 6 aliphatic rings. The molecule has 3 aliphatic carbocycles. The Morgan fingerprint density at radius 3 is 1.43 bits per heavy atom. The average molecular weight is 1470 g/mol. The third-order valence-corrected chi connectivity index (χ3v) is 24.8. The molecule has 6 fully saturated rings. The number of hydrogen-bond acceptors (Lipinski definition) is 20. The molecule has 3 saturated heterocycles. The Balaban J connectivity index is 0.000000113. The Labute approximate surface area is 614 Å². The number of piperidine rings is 3. The molecule has 10 aromatic heterocycles. The van der Waals surface area contributed by atoms with E-state index in [0.29, 0.717) is 99.7 Å². The van der Waals surface area contributed by atoms with Crippen LogP contribution in [-0.4, -0.2) is 149 Å². The van der Waals surface area contributed by atoms with E-state index in [1.807, 2.05) is 78.6 Å². The number of anilines is 4. The summed E-state index contributed by atoms with van der Waals surface area (Å²) in [5.41, 5.74) is 38.6. The number of rotatable bonds is 12. The van der Waals surface area contributed by atoms with Gasteiger partial charge in [0.05, 0.1) is 57.4 Å². The van der Waals surface area contributed by atoms with Crippen molar-refractivity contribution in [3.05, 3.63) is 184 Å². The van der Waals surface area contributed by atoms with E-state index < -0.39 is 22.5 Å². The van der Waals surface area contributed by atoms with Crippen molar-refractivity contribution in [2.24, 2.45) is 66.8 Å². The molecule has 538 valence electrons. The van der Waals surface area contributed by atoms with E-state index >= 15 is 0 Å². The molecule has 3 aliphatic heterocycles. The number of aromatic amines is 3. The molecule has 11 N–H and O–H groups in total. The molecule has 14 aromatic rings. The van der Waals surface area contributed by atoms with E-state index in [9.17, 15) is 13.2 Å². The SMILES string of the molecule is Cc1c(-c2[nH]nc3nc(N4CC[C@@H]5[C@H](C4)[C@@]5(CN)c4ccccc4Cl)cnc23)ccc2nn(C)cc12.Cc1c(-c2[nH]nc3nc(N4CC[C@@H]5[C@H](C4)[C@@]5(CN)c4ncccc4F)cnc23)ccc2nn(C)cc12.NC[C@]1(c2cccc(F)c2F)[C@@H]2CCN(c3cnc4c(-c5ccnc(N)c5Cl)[nH]nc4n3)C[C@@H]21. The van der Waals surface area contributed by atoms with Gasteiger partial charge >= 0.3 is 0 Å². The normalized spacial score (nSPS) is 23.5. The molecule has 9 atom stereocenters. The van der Waals surface area contributed by atoms with Crippen molar-refractivity contribution in [3.8, 4) is 33.8 Å². The lowest BCUT2D eigenvalue weighted by Gasteiger charge is -2.26. The third-order valence-electron chi connectivity index (χ3n) is 24.1. The van der Waals surface area contributed by atoms with Gasteiger partial charge in [-0.05, 0) is 133 Å². The lowest BCUT2D eigenvalue weighted by atomic mass is 9.90. The van der Waals surface area contributed by atoms with Crippen LogP contribution in [0.3, 0.4) is 0 Å². The smallest absolute Gasteiger partial charge is 0.202 e. The minimum atomic E-state index is -0.840. The number of fused-ring (bicyclic) bond motifs is 8. The third kappa shape index (κ3) is 10.5. The van der Waals surface area contributed by atoms with Crippen molar-refractivity contribution in [2.75, 3.05) is 79.3 Å². The lowest BCUT2D eigenvalue weighted by Crippen LogP contribution is -2.33. The van der Waals surface area contributed by atoms with Crippen LogP contribution in [0.4, 0.5) is 36.4 Å². The highest BCUT2D eigenvalue weighted by Crippen LogP contribution is 2.66. The molecule has 0 unspecified atom stereocenters. The van der Waals surface area contributed by atoms with E-state index in [4.69, 9.17) is 71.1 Å². The summed E-state index contributed by atoms with van der Waals surface area (Å²) in [4.78, 5) is 43.6. The molecule has 0 spiro atoms.